The highest BCUT2D eigenvalue weighted by molar-refractivity contribution is 7.92. The van der Waals surface area contributed by atoms with E-state index in [2.05, 4.69) is 15.3 Å². The fraction of sp³-hybridized carbons (Fsp3) is 0.200. The molecule has 0 radical (unpaired) electrons. The molecule has 1 fully saturated rings. The molecule has 0 bridgehead atoms. The summed E-state index contributed by atoms with van der Waals surface area (Å²) in [7, 11) is -4.57. The lowest BCUT2D eigenvalue weighted by molar-refractivity contribution is 0.142. The van der Waals surface area contributed by atoms with E-state index >= 15 is 0 Å². The maximum Gasteiger partial charge on any atom is 0.270 e. The molecule has 1 aromatic heterocycles. The molecule has 1 N–H and O–H groups in total. The number of nitrogens with zero attached hydrogens (tertiary/aromatic N) is 3. The van der Waals surface area contributed by atoms with E-state index in [1.807, 2.05) is 0 Å². The minimum Gasteiger partial charge on any atom is -0.486 e. The number of sulfonamides is 1. The fourth-order valence-corrected chi connectivity index (χ4v) is 5.57. The van der Waals surface area contributed by atoms with E-state index in [4.69, 9.17) is 21.1 Å². The Labute approximate surface area is 233 Å². The maximum absolute atomic E-state index is 14.6. The van der Waals surface area contributed by atoms with Crippen molar-refractivity contribution in [2.45, 2.75) is 17.4 Å². The van der Waals surface area contributed by atoms with Crippen molar-refractivity contribution >= 4 is 49.7 Å². The van der Waals surface area contributed by atoms with Crippen molar-refractivity contribution in [3.63, 3.8) is 0 Å². The summed E-state index contributed by atoms with van der Waals surface area (Å²) in [5.74, 6) is -13.2. The van der Waals surface area contributed by atoms with Gasteiger partial charge in [-0.2, -0.15) is 0 Å². The second-order valence-corrected chi connectivity index (χ2v) is 11.1. The number of rotatable bonds is 7. The number of anilines is 3. The first-order valence-electron chi connectivity index (χ1n) is 11.7. The molecule has 1 aliphatic heterocycles. The lowest BCUT2D eigenvalue weighted by Crippen LogP contribution is -2.30. The van der Waals surface area contributed by atoms with E-state index in [0.29, 0.717) is 23.0 Å². The summed E-state index contributed by atoms with van der Waals surface area (Å²) >= 11 is 5.85. The van der Waals surface area contributed by atoms with Gasteiger partial charge in [0.25, 0.3) is 10.0 Å². The van der Waals surface area contributed by atoms with Gasteiger partial charge >= 0.3 is 0 Å². The van der Waals surface area contributed by atoms with Gasteiger partial charge in [0, 0.05) is 30.6 Å². The van der Waals surface area contributed by atoms with Crippen molar-refractivity contribution in [3.8, 4) is 5.75 Å². The lowest BCUT2D eigenvalue weighted by Gasteiger charge is -2.25. The SMILES string of the molecule is CN(c1cc2c(Nc3ccc(F)c(Cl)c3)ncnc2cc1O[C@H]1CCOC1)S(=O)(=O)c1c(F)c(F)c(F)c(F)c1F. The zero-order valence-electron chi connectivity index (χ0n) is 20.7. The highest BCUT2D eigenvalue weighted by atomic mass is 35.5. The van der Waals surface area contributed by atoms with E-state index < -0.39 is 55.9 Å². The third kappa shape index (κ3) is 5.20. The quantitative estimate of drug-likeness (QED) is 0.158. The van der Waals surface area contributed by atoms with Crippen molar-refractivity contribution in [1.82, 2.24) is 9.97 Å². The average molecular weight is 619 g/mol. The standard InChI is InChI=1S/C25H17ClF6N4O4S/c1-36(41(37,38)24-22(31)20(29)19(28)21(30)23(24)32)17-7-13-16(8-18(17)40-12-4-5-39-9-12)33-10-34-25(13)35-11-2-3-15(27)14(26)6-11/h2-3,6-8,10,12H,4-5,9H2,1H3,(H,33,34,35)/t12-/m0/s1. The van der Waals surface area contributed by atoms with E-state index in [1.165, 1.54) is 30.6 Å². The summed E-state index contributed by atoms with van der Waals surface area (Å²) in [6, 6.07) is 6.23. The van der Waals surface area contributed by atoms with Crippen LogP contribution < -0.4 is 14.4 Å². The van der Waals surface area contributed by atoms with Crippen LogP contribution in [-0.4, -0.2) is 44.8 Å². The third-order valence-electron chi connectivity index (χ3n) is 6.21. The Bertz CT molecular complexity index is 1760. The Morgan fingerprint density at radius 3 is 2.32 bits per heavy atom. The number of halogens is 7. The van der Waals surface area contributed by atoms with E-state index in [1.54, 1.807) is 0 Å². The van der Waals surface area contributed by atoms with Gasteiger partial charge in [0.15, 0.2) is 28.2 Å². The smallest absolute Gasteiger partial charge is 0.270 e. The van der Waals surface area contributed by atoms with Gasteiger partial charge in [0.2, 0.25) is 5.82 Å². The highest BCUT2D eigenvalue weighted by Gasteiger charge is 2.37. The van der Waals surface area contributed by atoms with Crippen LogP contribution in [0.4, 0.5) is 43.5 Å². The second-order valence-electron chi connectivity index (χ2n) is 8.79. The molecule has 0 aliphatic carbocycles. The topological polar surface area (TPSA) is 93.7 Å². The number of fused-ring (bicyclic) bond motifs is 1. The number of ether oxygens (including phenoxy) is 2. The molecule has 1 aliphatic rings. The van der Waals surface area contributed by atoms with Gasteiger partial charge in [-0.15, -0.1) is 0 Å². The molecule has 3 aromatic carbocycles. The van der Waals surface area contributed by atoms with Crippen LogP contribution in [-0.2, 0) is 14.8 Å². The van der Waals surface area contributed by atoms with Crippen LogP contribution in [0.25, 0.3) is 10.9 Å². The summed E-state index contributed by atoms with van der Waals surface area (Å²) in [4.78, 5) is 6.23. The first-order valence-corrected chi connectivity index (χ1v) is 13.5. The zero-order valence-corrected chi connectivity index (χ0v) is 22.3. The molecular formula is C25H17ClF6N4O4S. The van der Waals surface area contributed by atoms with Crippen molar-refractivity contribution in [3.05, 3.63) is 76.6 Å². The normalized spacial score (nSPS) is 15.4. The first kappa shape index (κ1) is 28.7. The second kappa shape index (κ2) is 10.9. The molecule has 8 nitrogen and oxygen atoms in total. The summed E-state index contributed by atoms with van der Waals surface area (Å²) in [5, 5.41) is 2.84. The summed E-state index contributed by atoms with van der Waals surface area (Å²) < 4.78 is 123. The molecule has 1 atom stereocenters. The summed E-state index contributed by atoms with van der Waals surface area (Å²) in [5.41, 5.74) is 0.169. The molecule has 0 spiro atoms. The van der Waals surface area contributed by atoms with Crippen LogP contribution in [0.15, 0.2) is 41.6 Å². The first-order chi connectivity index (χ1) is 19.4. The Kier molecular flexibility index (Phi) is 7.61. The summed E-state index contributed by atoms with van der Waals surface area (Å²) in [6.07, 6.45) is 1.05. The predicted molar refractivity (Wildman–Crippen MR) is 136 cm³/mol. The molecular weight excluding hydrogens is 602 g/mol. The molecule has 16 heteroatoms. The minimum absolute atomic E-state index is 0.0803. The molecule has 2 heterocycles. The average Bonchev–Trinajstić information content (AvgIpc) is 3.45. The lowest BCUT2D eigenvalue weighted by atomic mass is 10.1. The maximum atomic E-state index is 14.6. The molecule has 216 valence electrons. The number of hydrogen-bond acceptors (Lipinski definition) is 7. The van der Waals surface area contributed by atoms with Gasteiger partial charge in [0.1, 0.15) is 29.8 Å². The Balaban J connectivity index is 1.68. The number of aromatic nitrogens is 2. The van der Waals surface area contributed by atoms with Crippen molar-refractivity contribution < 1.29 is 44.2 Å². The van der Waals surface area contributed by atoms with E-state index in [-0.39, 0.29) is 39.8 Å². The largest absolute Gasteiger partial charge is 0.486 e. The van der Waals surface area contributed by atoms with Crippen LogP contribution in [0.1, 0.15) is 6.42 Å². The van der Waals surface area contributed by atoms with Crippen molar-refractivity contribution in [1.29, 1.82) is 0 Å². The van der Waals surface area contributed by atoms with Crippen LogP contribution in [0, 0.1) is 34.9 Å². The third-order valence-corrected chi connectivity index (χ3v) is 8.29. The molecule has 0 unspecified atom stereocenters. The molecule has 5 rings (SSSR count). The monoisotopic (exact) mass is 618 g/mol. The van der Waals surface area contributed by atoms with Crippen molar-refractivity contribution in [2.24, 2.45) is 0 Å². The molecule has 41 heavy (non-hydrogen) atoms. The molecule has 4 aromatic rings. The molecule has 1 saturated heterocycles. The van der Waals surface area contributed by atoms with E-state index in [0.717, 1.165) is 13.1 Å². The van der Waals surface area contributed by atoms with Crippen LogP contribution in [0.5, 0.6) is 5.75 Å². The van der Waals surface area contributed by atoms with Gasteiger partial charge in [-0.05, 0) is 24.3 Å². The van der Waals surface area contributed by atoms with Gasteiger partial charge < -0.3 is 14.8 Å². The Morgan fingerprint density at radius 1 is 1.00 bits per heavy atom. The van der Waals surface area contributed by atoms with Gasteiger partial charge in [-0.3, -0.25) is 4.31 Å². The van der Waals surface area contributed by atoms with Crippen LogP contribution in [0.2, 0.25) is 5.02 Å². The van der Waals surface area contributed by atoms with Crippen molar-refractivity contribution in [2.75, 3.05) is 29.9 Å². The zero-order chi connectivity index (χ0) is 29.6. The van der Waals surface area contributed by atoms with E-state index in [9.17, 15) is 34.8 Å². The number of hydrogen-bond donors (Lipinski definition) is 1. The highest BCUT2D eigenvalue weighted by Crippen LogP contribution is 2.40. The predicted octanol–water partition coefficient (Wildman–Crippen LogP) is 5.85. The number of nitrogens with one attached hydrogen (secondary N) is 1. The number of benzene rings is 3. The Hall–Kier alpha value is -3.82. The molecule has 0 saturated carbocycles. The van der Waals surface area contributed by atoms with Gasteiger partial charge in [-0.25, -0.2) is 44.7 Å². The van der Waals surface area contributed by atoms with Crippen LogP contribution >= 0.6 is 11.6 Å². The summed E-state index contributed by atoms with van der Waals surface area (Å²) in [6.45, 7) is 0.496. The molecule has 0 amide bonds. The van der Waals surface area contributed by atoms with Crippen LogP contribution in [0.3, 0.4) is 0 Å². The fourth-order valence-electron chi connectivity index (χ4n) is 4.09. The Morgan fingerprint density at radius 2 is 1.68 bits per heavy atom. The van der Waals surface area contributed by atoms with Gasteiger partial charge in [-0.1, -0.05) is 11.6 Å². The minimum atomic E-state index is -5.42. The van der Waals surface area contributed by atoms with Gasteiger partial charge in [0.05, 0.1) is 29.4 Å².